The molecule has 0 amide bonds. The molecule has 1 N–H and O–H groups in total. The van der Waals surface area contributed by atoms with Gasteiger partial charge in [-0.25, -0.2) is 10.2 Å². The molecule has 2 nitrogen and oxygen atoms in total. The maximum Gasteiger partial charge on any atom is 0.236 e. The zero-order valence-corrected chi connectivity index (χ0v) is 5.31. The van der Waals surface area contributed by atoms with Crippen LogP contribution >= 0.6 is 34.8 Å². The standard InChI is InChI=1S/CCl3.CHNO/c2-1(3)4;2-1-3/h;2H. The summed E-state index contributed by atoms with van der Waals surface area (Å²) >= 11 is 14.2. The van der Waals surface area contributed by atoms with Gasteiger partial charge in [-0.15, -0.1) is 0 Å². The molecule has 0 heterocycles. The van der Waals surface area contributed by atoms with E-state index in [1.54, 1.807) is 0 Å². The van der Waals surface area contributed by atoms with Crippen molar-refractivity contribution in [3.63, 3.8) is 0 Å². The molecule has 0 atom stereocenters. The van der Waals surface area contributed by atoms with Gasteiger partial charge in [0.05, 0.1) is 0 Å². The smallest absolute Gasteiger partial charge is 0.222 e. The SMILES string of the molecule is Cl[C](Cl)Cl.N=C=O. The van der Waals surface area contributed by atoms with Crippen molar-refractivity contribution >= 4 is 40.9 Å². The van der Waals surface area contributed by atoms with Gasteiger partial charge in [-0.3, -0.25) is 0 Å². The quantitative estimate of drug-likeness (QED) is 0.429. The van der Waals surface area contributed by atoms with Crippen LogP contribution in [0.15, 0.2) is 0 Å². The van der Waals surface area contributed by atoms with E-state index in [-0.39, 0.29) is 4.30 Å². The topological polar surface area (TPSA) is 40.9 Å². The number of halogens is 3. The van der Waals surface area contributed by atoms with Gasteiger partial charge in [0.2, 0.25) is 10.4 Å². The Morgan fingerprint density at radius 3 is 1.43 bits per heavy atom. The van der Waals surface area contributed by atoms with Crippen molar-refractivity contribution in [2.75, 3.05) is 0 Å². The first-order valence-corrected chi connectivity index (χ1v) is 2.15. The number of carbonyl (C=O) groups excluding carboxylic acids is 1. The van der Waals surface area contributed by atoms with E-state index >= 15 is 0 Å². The maximum atomic E-state index is 8.35. The summed E-state index contributed by atoms with van der Waals surface area (Å²) in [5.41, 5.74) is 0. The van der Waals surface area contributed by atoms with E-state index in [1.807, 2.05) is 0 Å². The fourth-order valence-corrected chi connectivity index (χ4v) is 0. The maximum absolute atomic E-state index is 8.35. The van der Waals surface area contributed by atoms with Gasteiger partial charge < -0.3 is 0 Å². The lowest BCUT2D eigenvalue weighted by molar-refractivity contribution is 0.563. The van der Waals surface area contributed by atoms with E-state index in [4.69, 9.17) is 45.0 Å². The van der Waals surface area contributed by atoms with Crippen LogP contribution in [0.2, 0.25) is 0 Å². The number of isocyanates is 1. The second kappa shape index (κ2) is 9.54. The molecule has 0 unspecified atom stereocenters. The summed E-state index contributed by atoms with van der Waals surface area (Å²) in [5, 5.41) is 5.40. The molecule has 0 rings (SSSR count). The molecule has 0 aliphatic rings. The molecule has 7 heavy (non-hydrogen) atoms. The zero-order chi connectivity index (χ0) is 6.28. The van der Waals surface area contributed by atoms with Crippen molar-refractivity contribution in [3.05, 3.63) is 4.30 Å². The Balaban J connectivity index is 0. The largest absolute Gasteiger partial charge is 0.236 e. The number of nitrogens with one attached hydrogen (secondary N) is 1. The molecule has 0 spiro atoms. The monoisotopic (exact) mass is 160 g/mol. The summed E-state index contributed by atoms with van der Waals surface area (Å²) < 4.78 is -0.167. The highest BCUT2D eigenvalue weighted by atomic mass is 35.6. The van der Waals surface area contributed by atoms with Crippen molar-refractivity contribution in [2.24, 2.45) is 0 Å². The molecule has 41 valence electrons. The van der Waals surface area contributed by atoms with Crippen LogP contribution in [0.25, 0.3) is 0 Å². The Labute approximate surface area is 55.9 Å². The van der Waals surface area contributed by atoms with Crippen LogP contribution in [0.4, 0.5) is 0 Å². The van der Waals surface area contributed by atoms with Crippen LogP contribution in [0, 0.1) is 9.70 Å². The molecule has 0 aromatic rings. The first-order valence-electron chi connectivity index (χ1n) is 1.02. The van der Waals surface area contributed by atoms with Crippen LogP contribution in [0.5, 0.6) is 0 Å². The third-order valence-electron chi connectivity index (χ3n) is 0. The van der Waals surface area contributed by atoms with Gasteiger partial charge in [0, 0.05) is 0 Å². The minimum Gasteiger partial charge on any atom is -0.222 e. The predicted octanol–water partition coefficient (Wildman–Crippen LogP) is 2.05. The molecule has 0 aromatic heterocycles. The average molecular weight is 161 g/mol. The van der Waals surface area contributed by atoms with E-state index in [1.165, 1.54) is 0 Å². The molecule has 1 radical (unpaired) electrons. The number of rotatable bonds is 0. The molecular weight excluding hydrogens is 160 g/mol. The minimum atomic E-state index is -0.167. The molecule has 0 aromatic carbocycles. The van der Waals surface area contributed by atoms with Gasteiger partial charge in [-0.2, -0.15) is 0 Å². The van der Waals surface area contributed by atoms with Gasteiger partial charge in [0.25, 0.3) is 0 Å². The first-order chi connectivity index (χ1) is 3.15. The first kappa shape index (κ1) is 10.3. The molecule has 0 aliphatic heterocycles. The third-order valence-corrected chi connectivity index (χ3v) is 0. The molecule has 0 bridgehead atoms. The van der Waals surface area contributed by atoms with Gasteiger partial charge >= 0.3 is 0 Å². The summed E-state index contributed by atoms with van der Waals surface area (Å²) in [5.74, 6) is 0. The van der Waals surface area contributed by atoms with Crippen LogP contribution in [-0.2, 0) is 4.79 Å². The number of hydrogen-bond donors (Lipinski definition) is 1. The normalized spacial score (nSPS) is 6.29. The Hall–Kier alpha value is 0.250. The molecule has 0 aliphatic carbocycles. The summed E-state index contributed by atoms with van der Waals surface area (Å²) in [6, 6.07) is 0. The van der Waals surface area contributed by atoms with E-state index < -0.39 is 0 Å². The van der Waals surface area contributed by atoms with Gasteiger partial charge in [0.15, 0.2) is 0 Å². The second-order valence-electron chi connectivity index (χ2n) is 0.316. The van der Waals surface area contributed by atoms with Crippen LogP contribution in [-0.4, -0.2) is 6.08 Å². The highest BCUT2D eigenvalue weighted by molar-refractivity contribution is 6.72. The zero-order valence-electron chi connectivity index (χ0n) is 3.04. The summed E-state index contributed by atoms with van der Waals surface area (Å²) in [6.45, 7) is 0. The molecule has 0 saturated carbocycles. The summed E-state index contributed by atoms with van der Waals surface area (Å²) in [6.07, 6.45) is 0.750. The predicted molar refractivity (Wildman–Crippen MR) is 29.2 cm³/mol. The lowest BCUT2D eigenvalue weighted by Crippen LogP contribution is -1.37. The lowest BCUT2D eigenvalue weighted by Gasteiger charge is -1.66. The van der Waals surface area contributed by atoms with Crippen molar-refractivity contribution < 1.29 is 4.79 Å². The Kier molecular flexibility index (Phi) is 14.0. The minimum absolute atomic E-state index is 0.167. The Morgan fingerprint density at radius 1 is 1.43 bits per heavy atom. The fourth-order valence-electron chi connectivity index (χ4n) is 0. The highest BCUT2D eigenvalue weighted by Gasteiger charge is 1.82. The third kappa shape index (κ3) is 1810. The van der Waals surface area contributed by atoms with Crippen molar-refractivity contribution in [1.82, 2.24) is 0 Å². The van der Waals surface area contributed by atoms with Crippen molar-refractivity contribution in [2.45, 2.75) is 0 Å². The van der Waals surface area contributed by atoms with Crippen LogP contribution in [0.1, 0.15) is 0 Å². The van der Waals surface area contributed by atoms with Crippen LogP contribution < -0.4 is 0 Å². The summed E-state index contributed by atoms with van der Waals surface area (Å²) in [7, 11) is 0. The Morgan fingerprint density at radius 2 is 1.43 bits per heavy atom. The van der Waals surface area contributed by atoms with E-state index in [0.29, 0.717) is 0 Å². The van der Waals surface area contributed by atoms with Gasteiger partial charge in [-0.1, -0.05) is 34.8 Å². The average Bonchev–Trinajstić information content (AvgIpc) is 1.33. The van der Waals surface area contributed by atoms with Gasteiger partial charge in [-0.05, 0) is 0 Å². The Bertz CT molecular complexity index is 55.2. The highest BCUT2D eigenvalue weighted by Crippen LogP contribution is 2.15. The molecule has 5 heteroatoms. The van der Waals surface area contributed by atoms with E-state index in [2.05, 4.69) is 0 Å². The lowest BCUT2D eigenvalue weighted by atomic mass is 11.7. The van der Waals surface area contributed by atoms with E-state index in [0.717, 1.165) is 6.08 Å². The summed E-state index contributed by atoms with van der Waals surface area (Å²) in [4.78, 5) is 8.35. The molecular formula is C2HCl3NO. The second-order valence-corrected chi connectivity index (χ2v) is 2.03. The molecule has 0 fully saturated rings. The van der Waals surface area contributed by atoms with Crippen LogP contribution in [0.3, 0.4) is 0 Å². The fraction of sp³-hybridized carbons (Fsp3) is 0. The molecule has 0 saturated heterocycles. The van der Waals surface area contributed by atoms with E-state index in [9.17, 15) is 0 Å². The van der Waals surface area contributed by atoms with Crippen molar-refractivity contribution in [1.29, 1.82) is 5.41 Å². The number of hydrogen-bond acceptors (Lipinski definition) is 2. The van der Waals surface area contributed by atoms with Gasteiger partial charge in [0.1, 0.15) is 0 Å². The van der Waals surface area contributed by atoms with Crippen molar-refractivity contribution in [3.8, 4) is 0 Å².